The van der Waals surface area contributed by atoms with Crippen molar-refractivity contribution in [3.63, 3.8) is 0 Å². The summed E-state index contributed by atoms with van der Waals surface area (Å²) in [5.74, 6) is -0.101. The second-order valence-electron chi connectivity index (χ2n) is 7.44. The Balaban J connectivity index is 1.51. The molecule has 0 bridgehead atoms. The lowest BCUT2D eigenvalue weighted by atomic mass is 9.85. The van der Waals surface area contributed by atoms with Crippen molar-refractivity contribution in [1.29, 1.82) is 0 Å². The van der Waals surface area contributed by atoms with E-state index in [2.05, 4.69) is 19.1 Å². The predicted octanol–water partition coefficient (Wildman–Crippen LogP) is 3.37. The number of sulfonamides is 1. The van der Waals surface area contributed by atoms with Gasteiger partial charge in [0, 0.05) is 13.1 Å². The van der Waals surface area contributed by atoms with Crippen molar-refractivity contribution in [1.82, 2.24) is 4.31 Å². The zero-order valence-electron chi connectivity index (χ0n) is 15.5. The maximum Gasteiger partial charge on any atom is 0.309 e. The van der Waals surface area contributed by atoms with Gasteiger partial charge < -0.3 is 4.74 Å². The van der Waals surface area contributed by atoms with Gasteiger partial charge in [0.25, 0.3) is 0 Å². The predicted molar refractivity (Wildman–Crippen MR) is 99.9 cm³/mol. The SMILES string of the molecule is CC1CC=CCC1COC(=O)C1CCN(S(=O)(=O)c2ccc(F)cc2)CC1. The van der Waals surface area contributed by atoms with Gasteiger partial charge in [0.05, 0.1) is 17.4 Å². The molecule has 7 heteroatoms. The van der Waals surface area contributed by atoms with Gasteiger partial charge in [-0.3, -0.25) is 4.79 Å². The summed E-state index contributed by atoms with van der Waals surface area (Å²) in [6.07, 6.45) is 7.14. The molecule has 1 aromatic rings. The molecule has 3 rings (SSSR count). The molecular weight excluding hydrogens is 369 g/mol. The fraction of sp³-hybridized carbons (Fsp3) is 0.550. The molecule has 5 nitrogen and oxygen atoms in total. The summed E-state index contributed by atoms with van der Waals surface area (Å²) in [4.78, 5) is 12.4. The number of rotatable bonds is 5. The largest absolute Gasteiger partial charge is 0.465 e. The van der Waals surface area contributed by atoms with Crippen molar-refractivity contribution in [2.45, 2.75) is 37.5 Å². The number of benzene rings is 1. The van der Waals surface area contributed by atoms with E-state index in [9.17, 15) is 17.6 Å². The van der Waals surface area contributed by atoms with E-state index in [-0.39, 0.29) is 29.9 Å². The molecule has 2 aliphatic rings. The van der Waals surface area contributed by atoms with E-state index < -0.39 is 15.8 Å². The fourth-order valence-electron chi connectivity index (χ4n) is 3.63. The number of allylic oxidation sites excluding steroid dienone is 2. The van der Waals surface area contributed by atoms with Crippen LogP contribution < -0.4 is 0 Å². The van der Waals surface area contributed by atoms with Gasteiger partial charge in [-0.2, -0.15) is 4.31 Å². The average Bonchev–Trinajstić information content (AvgIpc) is 2.67. The third-order valence-corrected chi connectivity index (χ3v) is 7.51. The van der Waals surface area contributed by atoms with Crippen LogP contribution in [0.5, 0.6) is 0 Å². The minimum Gasteiger partial charge on any atom is -0.465 e. The highest BCUT2D eigenvalue weighted by Crippen LogP contribution is 2.27. The smallest absolute Gasteiger partial charge is 0.309 e. The molecule has 2 unspecified atom stereocenters. The standard InChI is InChI=1S/C20H26FNO4S/c1-15-4-2-3-5-17(15)14-26-20(23)16-10-12-22(13-11-16)27(24,25)19-8-6-18(21)7-9-19/h2-3,6-9,15-17H,4-5,10-14H2,1H3. The summed E-state index contributed by atoms with van der Waals surface area (Å²) in [6.45, 7) is 3.13. The Labute approximate surface area is 160 Å². The summed E-state index contributed by atoms with van der Waals surface area (Å²) in [5.41, 5.74) is 0. The lowest BCUT2D eigenvalue weighted by Gasteiger charge is -2.31. The highest BCUT2D eigenvalue weighted by molar-refractivity contribution is 7.89. The van der Waals surface area contributed by atoms with Crippen molar-refractivity contribution in [2.24, 2.45) is 17.8 Å². The van der Waals surface area contributed by atoms with E-state index in [4.69, 9.17) is 4.74 Å². The van der Waals surface area contributed by atoms with Gasteiger partial charge in [0.2, 0.25) is 10.0 Å². The Kier molecular flexibility index (Phi) is 6.32. The third-order valence-electron chi connectivity index (χ3n) is 5.60. The number of esters is 1. The molecule has 1 saturated heterocycles. The molecule has 0 aromatic heterocycles. The van der Waals surface area contributed by atoms with Gasteiger partial charge >= 0.3 is 5.97 Å². The summed E-state index contributed by atoms with van der Waals surface area (Å²) < 4.78 is 45.2. The molecule has 2 atom stereocenters. The van der Waals surface area contributed by atoms with Crippen LogP contribution in [0, 0.1) is 23.6 Å². The van der Waals surface area contributed by atoms with Crippen molar-refractivity contribution in [3.8, 4) is 0 Å². The molecule has 0 saturated carbocycles. The van der Waals surface area contributed by atoms with Gasteiger partial charge in [-0.25, -0.2) is 12.8 Å². The Bertz CT molecular complexity index is 783. The molecule has 0 amide bonds. The van der Waals surface area contributed by atoms with E-state index in [1.807, 2.05) is 0 Å². The zero-order valence-corrected chi connectivity index (χ0v) is 16.3. The Morgan fingerprint density at radius 3 is 2.41 bits per heavy atom. The van der Waals surface area contributed by atoms with Gasteiger partial charge in [0.1, 0.15) is 5.82 Å². The molecule has 0 radical (unpaired) electrons. The first-order valence-electron chi connectivity index (χ1n) is 9.45. The number of nitrogens with zero attached hydrogens (tertiary/aromatic N) is 1. The number of piperidine rings is 1. The quantitative estimate of drug-likeness (QED) is 0.566. The monoisotopic (exact) mass is 395 g/mol. The molecular formula is C20H26FNO4S. The van der Waals surface area contributed by atoms with E-state index in [0.717, 1.165) is 25.0 Å². The number of halogens is 1. The highest BCUT2D eigenvalue weighted by Gasteiger charge is 2.33. The molecule has 1 fully saturated rings. The molecule has 27 heavy (non-hydrogen) atoms. The number of ether oxygens (including phenoxy) is 1. The third kappa shape index (κ3) is 4.76. The van der Waals surface area contributed by atoms with E-state index in [1.54, 1.807) is 0 Å². The number of carbonyl (C=O) groups excluding carboxylic acids is 1. The zero-order chi connectivity index (χ0) is 19.4. The topological polar surface area (TPSA) is 63.7 Å². The molecule has 0 spiro atoms. The Morgan fingerprint density at radius 1 is 1.15 bits per heavy atom. The number of hydrogen-bond acceptors (Lipinski definition) is 4. The van der Waals surface area contributed by atoms with Gasteiger partial charge in [0.15, 0.2) is 0 Å². The second kappa shape index (κ2) is 8.52. The number of carbonyl (C=O) groups is 1. The summed E-state index contributed by atoms with van der Waals surface area (Å²) in [5, 5.41) is 0. The van der Waals surface area contributed by atoms with Gasteiger partial charge in [-0.1, -0.05) is 19.1 Å². The maximum atomic E-state index is 13.0. The molecule has 0 N–H and O–H groups in total. The van der Waals surface area contributed by atoms with Crippen LogP contribution in [0.25, 0.3) is 0 Å². The summed E-state index contributed by atoms with van der Waals surface area (Å²) in [7, 11) is -3.66. The normalized spacial score (nSPS) is 24.7. The van der Waals surface area contributed by atoms with Crippen LogP contribution in [0.2, 0.25) is 0 Å². The Hall–Kier alpha value is -1.73. The summed E-state index contributed by atoms with van der Waals surface area (Å²) >= 11 is 0. The van der Waals surface area contributed by atoms with Crippen LogP contribution in [0.3, 0.4) is 0 Å². The minimum atomic E-state index is -3.66. The molecule has 148 valence electrons. The van der Waals surface area contributed by atoms with Crippen LogP contribution in [0.4, 0.5) is 4.39 Å². The van der Waals surface area contributed by atoms with Crippen molar-refractivity contribution in [2.75, 3.05) is 19.7 Å². The first-order valence-corrected chi connectivity index (χ1v) is 10.9. The maximum absolute atomic E-state index is 13.0. The lowest BCUT2D eigenvalue weighted by molar-refractivity contribution is -0.151. The van der Waals surface area contributed by atoms with Crippen LogP contribution in [-0.2, 0) is 19.6 Å². The first kappa shape index (κ1) is 20.0. The van der Waals surface area contributed by atoms with E-state index in [1.165, 1.54) is 16.4 Å². The fourth-order valence-corrected chi connectivity index (χ4v) is 5.10. The van der Waals surface area contributed by atoms with Crippen molar-refractivity contribution >= 4 is 16.0 Å². The second-order valence-corrected chi connectivity index (χ2v) is 9.38. The van der Waals surface area contributed by atoms with E-state index in [0.29, 0.717) is 31.3 Å². The molecule has 1 aliphatic carbocycles. The van der Waals surface area contributed by atoms with Crippen molar-refractivity contribution < 1.29 is 22.3 Å². The highest BCUT2D eigenvalue weighted by atomic mass is 32.2. The first-order chi connectivity index (χ1) is 12.9. The van der Waals surface area contributed by atoms with Crippen LogP contribution in [-0.4, -0.2) is 38.4 Å². The van der Waals surface area contributed by atoms with Crippen molar-refractivity contribution in [3.05, 3.63) is 42.2 Å². The molecule has 1 aromatic carbocycles. The Morgan fingerprint density at radius 2 is 1.78 bits per heavy atom. The van der Waals surface area contributed by atoms with Gasteiger partial charge in [-0.05, 0) is 61.8 Å². The average molecular weight is 395 g/mol. The lowest BCUT2D eigenvalue weighted by Crippen LogP contribution is -2.40. The van der Waals surface area contributed by atoms with Crippen LogP contribution in [0.1, 0.15) is 32.6 Å². The molecule has 1 aliphatic heterocycles. The van der Waals surface area contributed by atoms with Gasteiger partial charge in [-0.15, -0.1) is 0 Å². The number of hydrogen-bond donors (Lipinski definition) is 0. The van der Waals surface area contributed by atoms with Crippen LogP contribution >= 0.6 is 0 Å². The molecule has 1 heterocycles. The van der Waals surface area contributed by atoms with Crippen LogP contribution in [0.15, 0.2) is 41.3 Å². The minimum absolute atomic E-state index is 0.0734. The summed E-state index contributed by atoms with van der Waals surface area (Å²) in [6, 6.07) is 4.81. The van der Waals surface area contributed by atoms with E-state index >= 15 is 0 Å².